The van der Waals surface area contributed by atoms with Gasteiger partial charge in [-0.2, -0.15) is 4.98 Å². The minimum Gasteiger partial charge on any atom is -0.338 e. The average Bonchev–Trinajstić information content (AvgIpc) is 2.89. The van der Waals surface area contributed by atoms with Crippen LogP contribution in [0.15, 0.2) is 4.52 Å². The molecular weight excluding hydrogens is 252 g/mol. The van der Waals surface area contributed by atoms with Crippen molar-refractivity contribution in [2.45, 2.75) is 52.2 Å². The highest BCUT2D eigenvalue weighted by Crippen LogP contribution is 2.24. The molecule has 1 fully saturated rings. The number of hydrogen-bond acceptors (Lipinski definition) is 5. The van der Waals surface area contributed by atoms with Crippen molar-refractivity contribution in [1.29, 1.82) is 0 Å². The summed E-state index contributed by atoms with van der Waals surface area (Å²) in [5.41, 5.74) is 5.45. The highest BCUT2D eigenvalue weighted by molar-refractivity contribution is 5.85. The van der Waals surface area contributed by atoms with E-state index in [0.29, 0.717) is 18.5 Å². The van der Waals surface area contributed by atoms with Crippen LogP contribution in [0, 0.1) is 5.92 Å². The fourth-order valence-corrected chi connectivity index (χ4v) is 2.53. The van der Waals surface area contributed by atoms with Crippen molar-refractivity contribution in [3.05, 3.63) is 11.7 Å². The van der Waals surface area contributed by atoms with Crippen molar-refractivity contribution in [2.75, 3.05) is 6.54 Å². The molecule has 0 spiro atoms. The van der Waals surface area contributed by atoms with E-state index in [2.05, 4.69) is 28.9 Å². The molecule has 6 heteroatoms. The van der Waals surface area contributed by atoms with Gasteiger partial charge in [0.25, 0.3) is 0 Å². The van der Waals surface area contributed by atoms with Crippen molar-refractivity contribution in [1.82, 2.24) is 15.0 Å². The molecule has 0 aromatic carbocycles. The molecule has 2 N–H and O–H groups in total. The van der Waals surface area contributed by atoms with E-state index < -0.39 is 0 Å². The van der Waals surface area contributed by atoms with E-state index in [1.165, 1.54) is 19.3 Å². The van der Waals surface area contributed by atoms with E-state index >= 15 is 0 Å². The maximum atomic E-state index is 5.45. The molecule has 0 bridgehead atoms. The summed E-state index contributed by atoms with van der Waals surface area (Å²) in [5, 5.41) is 3.96. The average molecular weight is 275 g/mol. The van der Waals surface area contributed by atoms with Gasteiger partial charge >= 0.3 is 0 Å². The second-order valence-corrected chi connectivity index (χ2v) is 5.20. The van der Waals surface area contributed by atoms with Crippen LogP contribution < -0.4 is 5.73 Å². The zero-order valence-corrected chi connectivity index (χ0v) is 11.9. The topological polar surface area (TPSA) is 68.2 Å². The van der Waals surface area contributed by atoms with E-state index in [1.807, 2.05) is 0 Å². The monoisotopic (exact) mass is 274 g/mol. The summed E-state index contributed by atoms with van der Waals surface area (Å²) < 4.78 is 5.03. The molecule has 0 radical (unpaired) electrons. The summed E-state index contributed by atoms with van der Waals surface area (Å²) in [6.45, 7) is 6.81. The normalized spacial score (nSPS) is 20.3. The fourth-order valence-electron chi connectivity index (χ4n) is 2.53. The molecule has 2 rings (SSSR count). The summed E-state index contributed by atoms with van der Waals surface area (Å²) >= 11 is 0. The van der Waals surface area contributed by atoms with Crippen molar-refractivity contribution < 1.29 is 4.52 Å². The van der Waals surface area contributed by atoms with Crippen LogP contribution in [-0.4, -0.2) is 27.6 Å². The molecule has 1 aromatic heterocycles. The molecule has 1 unspecified atom stereocenters. The van der Waals surface area contributed by atoms with Crippen LogP contribution in [0.25, 0.3) is 0 Å². The summed E-state index contributed by atoms with van der Waals surface area (Å²) in [4.78, 5) is 6.72. The lowest BCUT2D eigenvalue weighted by molar-refractivity contribution is 0.210. The Morgan fingerprint density at radius 3 is 2.89 bits per heavy atom. The van der Waals surface area contributed by atoms with Gasteiger partial charge in [-0.15, -0.1) is 12.4 Å². The van der Waals surface area contributed by atoms with Crippen molar-refractivity contribution in [3.63, 3.8) is 0 Å². The predicted octanol–water partition coefficient (Wildman–Crippen LogP) is 1.96. The van der Waals surface area contributed by atoms with Gasteiger partial charge in [-0.25, -0.2) is 0 Å². The summed E-state index contributed by atoms with van der Waals surface area (Å²) in [6.07, 6.45) is 3.82. The molecule has 18 heavy (non-hydrogen) atoms. The van der Waals surface area contributed by atoms with Crippen LogP contribution in [0.5, 0.6) is 0 Å². The van der Waals surface area contributed by atoms with Crippen LogP contribution >= 0.6 is 12.4 Å². The third-order valence-electron chi connectivity index (χ3n) is 3.27. The Labute approximate surface area is 115 Å². The van der Waals surface area contributed by atoms with E-state index in [9.17, 15) is 0 Å². The molecule has 1 aliphatic heterocycles. The van der Waals surface area contributed by atoms with Gasteiger partial charge in [0, 0.05) is 6.04 Å². The molecule has 1 atom stereocenters. The van der Waals surface area contributed by atoms with Gasteiger partial charge in [0.2, 0.25) is 5.89 Å². The standard InChI is InChI=1S/C12H22N4O.ClH/c1-9(2)6-10-4-3-5-16(10)8-11-14-12(7-13)17-15-11;/h9-10H,3-8,13H2,1-2H3;1H. The summed E-state index contributed by atoms with van der Waals surface area (Å²) in [6, 6.07) is 0.676. The highest BCUT2D eigenvalue weighted by Gasteiger charge is 2.26. The number of likely N-dealkylation sites (tertiary alicyclic amines) is 1. The van der Waals surface area contributed by atoms with Gasteiger partial charge in [0.15, 0.2) is 5.82 Å². The first-order chi connectivity index (χ1) is 8.19. The minimum atomic E-state index is 0. The van der Waals surface area contributed by atoms with Crippen LogP contribution in [0.1, 0.15) is 44.8 Å². The van der Waals surface area contributed by atoms with Crippen LogP contribution in [-0.2, 0) is 13.1 Å². The molecule has 2 heterocycles. The van der Waals surface area contributed by atoms with Crippen molar-refractivity contribution in [2.24, 2.45) is 11.7 Å². The van der Waals surface area contributed by atoms with E-state index in [4.69, 9.17) is 10.3 Å². The molecule has 5 nitrogen and oxygen atoms in total. The SMILES string of the molecule is CC(C)CC1CCCN1Cc1noc(CN)n1.Cl. The Hall–Kier alpha value is -0.650. The van der Waals surface area contributed by atoms with Gasteiger partial charge in [0.05, 0.1) is 13.1 Å². The van der Waals surface area contributed by atoms with E-state index in [0.717, 1.165) is 24.8 Å². The Balaban J connectivity index is 0.00000162. The van der Waals surface area contributed by atoms with Gasteiger partial charge in [-0.1, -0.05) is 19.0 Å². The second-order valence-electron chi connectivity index (χ2n) is 5.20. The lowest BCUT2D eigenvalue weighted by Crippen LogP contribution is -2.30. The number of halogens is 1. The third kappa shape index (κ3) is 3.93. The molecule has 0 saturated carbocycles. The van der Waals surface area contributed by atoms with Gasteiger partial charge < -0.3 is 10.3 Å². The maximum Gasteiger partial charge on any atom is 0.240 e. The van der Waals surface area contributed by atoms with E-state index in [1.54, 1.807) is 0 Å². The molecular formula is C12H23ClN4O. The zero-order valence-electron chi connectivity index (χ0n) is 11.1. The Morgan fingerprint density at radius 1 is 1.50 bits per heavy atom. The Kier molecular flexibility index (Phi) is 6.05. The third-order valence-corrected chi connectivity index (χ3v) is 3.27. The summed E-state index contributed by atoms with van der Waals surface area (Å²) in [7, 11) is 0. The fraction of sp³-hybridized carbons (Fsp3) is 0.833. The van der Waals surface area contributed by atoms with Gasteiger partial charge in [0.1, 0.15) is 0 Å². The molecule has 0 amide bonds. The number of aromatic nitrogens is 2. The number of nitrogens with zero attached hydrogens (tertiary/aromatic N) is 3. The largest absolute Gasteiger partial charge is 0.338 e. The zero-order chi connectivity index (χ0) is 12.3. The highest BCUT2D eigenvalue weighted by atomic mass is 35.5. The molecule has 1 saturated heterocycles. The summed E-state index contributed by atoms with van der Waals surface area (Å²) in [5.74, 6) is 2.03. The van der Waals surface area contributed by atoms with Gasteiger partial charge in [-0.05, 0) is 31.7 Å². The number of nitrogens with two attached hydrogens (primary N) is 1. The molecule has 1 aliphatic rings. The van der Waals surface area contributed by atoms with Crippen molar-refractivity contribution >= 4 is 12.4 Å². The maximum absolute atomic E-state index is 5.45. The van der Waals surface area contributed by atoms with Gasteiger partial charge in [-0.3, -0.25) is 4.90 Å². The lowest BCUT2D eigenvalue weighted by Gasteiger charge is -2.24. The second kappa shape index (κ2) is 7.07. The first-order valence-electron chi connectivity index (χ1n) is 6.44. The van der Waals surface area contributed by atoms with Crippen LogP contribution in [0.4, 0.5) is 0 Å². The molecule has 1 aromatic rings. The first-order valence-corrected chi connectivity index (χ1v) is 6.44. The predicted molar refractivity (Wildman–Crippen MR) is 72.3 cm³/mol. The minimum absolute atomic E-state index is 0. The van der Waals surface area contributed by atoms with Crippen LogP contribution in [0.2, 0.25) is 0 Å². The first kappa shape index (κ1) is 15.4. The quantitative estimate of drug-likeness (QED) is 0.889. The Morgan fingerprint density at radius 2 is 2.28 bits per heavy atom. The lowest BCUT2D eigenvalue weighted by atomic mass is 10.0. The smallest absolute Gasteiger partial charge is 0.240 e. The van der Waals surface area contributed by atoms with Crippen molar-refractivity contribution in [3.8, 4) is 0 Å². The number of rotatable bonds is 5. The molecule has 0 aliphatic carbocycles. The van der Waals surface area contributed by atoms with Crippen LogP contribution in [0.3, 0.4) is 0 Å². The Bertz CT molecular complexity index is 356. The number of hydrogen-bond donors (Lipinski definition) is 1. The molecule has 104 valence electrons. The van der Waals surface area contributed by atoms with E-state index in [-0.39, 0.29) is 12.4 Å².